The Labute approximate surface area is 266 Å². The van der Waals surface area contributed by atoms with E-state index in [9.17, 15) is 34.8 Å². The summed E-state index contributed by atoms with van der Waals surface area (Å²) >= 11 is 0. The number of fused-ring (bicyclic) bond motifs is 1. The summed E-state index contributed by atoms with van der Waals surface area (Å²) in [5, 5.41) is 7.00. The number of anilines is 1. The fraction of sp³-hybridized carbons (Fsp3) is 0.276. The van der Waals surface area contributed by atoms with E-state index >= 15 is 0 Å². The second kappa shape index (κ2) is 12.5. The zero-order valence-electron chi connectivity index (χ0n) is 24.7. The average molecular weight is 689 g/mol. The number of nitrogens with one attached hydrogen (secondary N) is 1. The van der Waals surface area contributed by atoms with Gasteiger partial charge in [0.2, 0.25) is 16.0 Å². The Hall–Kier alpha value is -4.68. The van der Waals surface area contributed by atoms with Crippen LogP contribution in [0.2, 0.25) is 0 Å². The van der Waals surface area contributed by atoms with Crippen molar-refractivity contribution in [2.75, 3.05) is 24.7 Å². The number of aromatic nitrogens is 6. The Morgan fingerprint density at radius 1 is 1.00 bits per heavy atom. The molecule has 0 spiro atoms. The van der Waals surface area contributed by atoms with Crippen LogP contribution in [0, 0.1) is 5.82 Å². The zero-order valence-corrected chi connectivity index (χ0v) is 26.3. The van der Waals surface area contributed by atoms with Crippen LogP contribution >= 0.6 is 0 Å². The Morgan fingerprint density at radius 3 is 2.36 bits per heavy atom. The molecule has 1 saturated heterocycles. The fourth-order valence-corrected chi connectivity index (χ4v) is 7.33. The molecule has 0 atom stereocenters. The lowest BCUT2D eigenvalue weighted by atomic mass is 10.0. The molecule has 3 aromatic heterocycles. The molecule has 2 aromatic carbocycles. The molecule has 6 rings (SSSR count). The van der Waals surface area contributed by atoms with Crippen LogP contribution in [0.1, 0.15) is 30.4 Å². The van der Waals surface area contributed by atoms with Gasteiger partial charge in [0, 0.05) is 30.7 Å². The van der Waals surface area contributed by atoms with E-state index in [2.05, 4.69) is 25.4 Å². The number of sulfonamides is 1. The lowest BCUT2D eigenvalue weighted by molar-refractivity contribution is 0.149. The largest absolute Gasteiger partial charge is 0.351 e. The number of nitrogens with zero attached hydrogens (tertiary/aromatic N) is 7. The van der Waals surface area contributed by atoms with E-state index in [1.54, 1.807) is 24.3 Å². The highest BCUT2D eigenvalue weighted by atomic mass is 32.2. The molecule has 0 unspecified atom stereocenters. The monoisotopic (exact) mass is 688 g/mol. The lowest BCUT2D eigenvalue weighted by Gasteiger charge is -2.30. The van der Waals surface area contributed by atoms with Crippen LogP contribution in [0.3, 0.4) is 0 Å². The first-order chi connectivity index (χ1) is 22.3. The van der Waals surface area contributed by atoms with Crippen molar-refractivity contribution in [3.63, 3.8) is 0 Å². The summed E-state index contributed by atoms with van der Waals surface area (Å²) in [6, 6.07) is 10.6. The van der Waals surface area contributed by atoms with Crippen LogP contribution in [-0.4, -0.2) is 75.2 Å². The molecule has 47 heavy (non-hydrogen) atoms. The van der Waals surface area contributed by atoms with E-state index in [4.69, 9.17) is 0 Å². The second-order valence-corrected chi connectivity index (χ2v) is 14.8. The first-order valence-corrected chi connectivity index (χ1v) is 17.5. The van der Waals surface area contributed by atoms with Gasteiger partial charge in [-0.15, -0.1) is 9.19 Å². The molecule has 0 radical (unpaired) electrons. The summed E-state index contributed by atoms with van der Waals surface area (Å²) in [6.07, 6.45) is 2.47. The maximum absolute atomic E-state index is 14.5. The predicted octanol–water partition coefficient (Wildman–Crippen LogP) is 3.25. The van der Waals surface area contributed by atoms with Gasteiger partial charge in [0.25, 0.3) is 22.0 Å². The van der Waals surface area contributed by atoms with Crippen molar-refractivity contribution in [3.05, 3.63) is 94.7 Å². The van der Waals surface area contributed by atoms with E-state index in [1.165, 1.54) is 16.6 Å². The van der Waals surface area contributed by atoms with Gasteiger partial charge in [-0.1, -0.05) is 24.3 Å². The summed E-state index contributed by atoms with van der Waals surface area (Å²) in [5.74, 6) is -0.636. The molecule has 246 valence electrons. The molecule has 1 fully saturated rings. The van der Waals surface area contributed by atoms with E-state index in [0.29, 0.717) is 41.1 Å². The van der Waals surface area contributed by atoms with Gasteiger partial charge in [0.1, 0.15) is 24.1 Å². The molecule has 1 aliphatic rings. The molecule has 18 heteroatoms. The van der Waals surface area contributed by atoms with Crippen molar-refractivity contribution >= 4 is 37.0 Å². The van der Waals surface area contributed by atoms with Crippen molar-refractivity contribution in [1.29, 1.82) is 0 Å². The highest BCUT2D eigenvalue weighted by Gasteiger charge is 2.26. The number of hydrogen-bond acceptors (Lipinski definition) is 10. The fourth-order valence-electron chi connectivity index (χ4n) is 5.36. The number of piperidine rings is 1. The second-order valence-electron chi connectivity index (χ2n) is 11.0. The number of alkyl halides is 2. The number of rotatable bonds is 9. The normalized spacial score (nSPS) is 15.0. The summed E-state index contributed by atoms with van der Waals surface area (Å²) in [5.41, 5.74) is -0.302. The maximum atomic E-state index is 14.5. The number of hydrogen-bond donors (Lipinski definition) is 1. The quantitative estimate of drug-likeness (QED) is 0.243. The van der Waals surface area contributed by atoms with Gasteiger partial charge in [0.15, 0.2) is 0 Å². The minimum atomic E-state index is -4.20. The van der Waals surface area contributed by atoms with Crippen LogP contribution in [-0.2, 0) is 26.6 Å². The van der Waals surface area contributed by atoms with Crippen molar-refractivity contribution in [2.24, 2.45) is 0 Å². The van der Waals surface area contributed by atoms with Crippen LogP contribution in [0.4, 0.5) is 19.1 Å². The molecule has 1 aliphatic heterocycles. The molecule has 0 aliphatic carbocycles. The summed E-state index contributed by atoms with van der Waals surface area (Å²) in [7, 11) is -7.51. The van der Waals surface area contributed by atoms with Crippen LogP contribution in [0.15, 0.2) is 77.1 Å². The van der Waals surface area contributed by atoms with E-state index < -0.39 is 43.4 Å². The summed E-state index contributed by atoms with van der Waals surface area (Å²) < 4.78 is 94.8. The molecular formula is C29H27F3N8O5S2. The third-order valence-electron chi connectivity index (χ3n) is 7.79. The molecule has 0 bridgehead atoms. The van der Waals surface area contributed by atoms with Crippen molar-refractivity contribution in [3.8, 4) is 11.1 Å². The first kappa shape index (κ1) is 32.3. The van der Waals surface area contributed by atoms with Crippen LogP contribution in [0.5, 0.6) is 0 Å². The molecule has 1 N–H and O–H groups in total. The Morgan fingerprint density at radius 2 is 1.72 bits per heavy atom. The minimum Gasteiger partial charge on any atom is -0.351 e. The SMILES string of the molecule is CS(=O)(=O)N1CCC(Nc2ncc3cc(C(F)F)c(=O)n(Cc4ccc(-c5cc(F)cc(S(=O)(=O)n6cncn6)c5)cc4)c3n2)CC1. The number of benzene rings is 2. The standard InChI is InChI=1S/C29H27F3N8O5S2/c1-46(42,43)38-8-6-23(7-9-38)36-29-34-14-21-12-25(26(31)32)28(41)39(27(21)37-29)15-18-2-4-19(5-3-18)20-10-22(30)13-24(11-20)47(44,45)40-17-33-16-35-40/h2-5,10-14,16-17,23,26H,6-9,15H2,1H3,(H,34,36,37). The smallest absolute Gasteiger partial charge is 0.284 e. The van der Waals surface area contributed by atoms with Crippen molar-refractivity contribution in [1.82, 2.24) is 33.0 Å². The van der Waals surface area contributed by atoms with E-state index in [0.717, 1.165) is 41.7 Å². The van der Waals surface area contributed by atoms with Gasteiger partial charge in [-0.25, -0.2) is 35.9 Å². The Kier molecular flexibility index (Phi) is 8.58. The van der Waals surface area contributed by atoms with Crippen molar-refractivity contribution in [2.45, 2.75) is 36.7 Å². The number of halogens is 3. The Balaban J connectivity index is 1.29. The van der Waals surface area contributed by atoms with Gasteiger partial charge in [0.05, 0.1) is 23.3 Å². The predicted molar refractivity (Wildman–Crippen MR) is 165 cm³/mol. The average Bonchev–Trinajstić information content (AvgIpc) is 3.59. The van der Waals surface area contributed by atoms with Crippen LogP contribution < -0.4 is 10.9 Å². The van der Waals surface area contributed by atoms with Gasteiger partial charge >= 0.3 is 0 Å². The molecule has 13 nitrogen and oxygen atoms in total. The first-order valence-electron chi connectivity index (χ1n) is 14.2. The molecule has 0 saturated carbocycles. The highest BCUT2D eigenvalue weighted by molar-refractivity contribution is 7.89. The van der Waals surface area contributed by atoms with Gasteiger partial charge in [-0.3, -0.25) is 9.36 Å². The van der Waals surface area contributed by atoms with E-state index in [1.807, 2.05) is 0 Å². The summed E-state index contributed by atoms with van der Waals surface area (Å²) in [4.78, 5) is 25.2. The number of pyridine rings is 1. The maximum Gasteiger partial charge on any atom is 0.284 e. The summed E-state index contributed by atoms with van der Waals surface area (Å²) in [6.45, 7) is 0.489. The van der Waals surface area contributed by atoms with Gasteiger partial charge < -0.3 is 5.32 Å². The minimum absolute atomic E-state index is 0.114. The Bertz CT molecular complexity index is 2220. The van der Waals surface area contributed by atoms with Gasteiger partial charge in [-0.05, 0) is 53.8 Å². The van der Waals surface area contributed by atoms with Crippen molar-refractivity contribution < 1.29 is 30.0 Å². The zero-order chi connectivity index (χ0) is 33.5. The van der Waals surface area contributed by atoms with Crippen LogP contribution in [0.25, 0.3) is 22.2 Å². The molecule has 4 heterocycles. The van der Waals surface area contributed by atoms with E-state index in [-0.39, 0.29) is 40.0 Å². The molecule has 0 amide bonds. The lowest BCUT2D eigenvalue weighted by Crippen LogP contribution is -2.42. The molecule has 5 aromatic rings. The van der Waals surface area contributed by atoms with Gasteiger partial charge in [-0.2, -0.15) is 13.4 Å². The third kappa shape index (κ3) is 6.75. The topological polar surface area (TPSA) is 162 Å². The highest BCUT2D eigenvalue weighted by Crippen LogP contribution is 2.27. The molecular weight excluding hydrogens is 661 g/mol. The third-order valence-corrected chi connectivity index (χ3v) is 10.6.